The summed E-state index contributed by atoms with van der Waals surface area (Å²) in [6, 6.07) is -0.825. The SMILES string of the molecule is CCCCC/C=C/CC/C=C/C(O)C(COC1OC(CO)C(O)C(O)C1O)NC(=O)CCCCCCCCCCCCCCCCCCC/C=C\C/C=C\CCCCCCCCCCCOC(=O)CCCCCCCCCCCCCCCCCCCCC. The second-order valence-electron chi connectivity index (χ2n) is 26.7. The van der Waals surface area contributed by atoms with Crippen LogP contribution < -0.4 is 5.32 Å². The minimum absolute atomic E-state index is 0.0118. The molecule has 7 atom stereocenters. The number of amides is 1. The summed E-state index contributed by atoms with van der Waals surface area (Å²) < 4.78 is 16.7. The third kappa shape index (κ3) is 55.8. The molecule has 0 bridgehead atoms. The zero-order chi connectivity index (χ0) is 64.4. The molecule has 1 amide bonds. The van der Waals surface area contributed by atoms with Gasteiger partial charge in [-0.05, 0) is 77.0 Å². The molecule has 0 spiro atoms. The van der Waals surface area contributed by atoms with Crippen molar-refractivity contribution in [3.8, 4) is 0 Å². The van der Waals surface area contributed by atoms with E-state index in [4.69, 9.17) is 14.2 Å². The van der Waals surface area contributed by atoms with Crippen LogP contribution in [0, 0.1) is 0 Å². The lowest BCUT2D eigenvalue weighted by molar-refractivity contribution is -0.302. The summed E-state index contributed by atoms with van der Waals surface area (Å²) in [5.74, 6) is -0.180. The molecular formula is C78H145NO10. The molecule has 1 fully saturated rings. The third-order valence-corrected chi connectivity index (χ3v) is 18.2. The molecule has 1 heterocycles. The Morgan fingerprint density at radius 1 is 0.416 bits per heavy atom. The van der Waals surface area contributed by atoms with Crippen molar-refractivity contribution in [2.45, 2.75) is 416 Å². The van der Waals surface area contributed by atoms with Crippen molar-refractivity contribution in [1.82, 2.24) is 5.32 Å². The lowest BCUT2D eigenvalue weighted by atomic mass is 9.99. The number of allylic oxidation sites excluding steroid dienone is 7. The van der Waals surface area contributed by atoms with Crippen molar-refractivity contribution in [2.24, 2.45) is 0 Å². The van der Waals surface area contributed by atoms with Gasteiger partial charge in [0.2, 0.25) is 5.91 Å². The number of esters is 1. The van der Waals surface area contributed by atoms with Gasteiger partial charge in [0.1, 0.15) is 24.4 Å². The van der Waals surface area contributed by atoms with E-state index in [0.717, 1.165) is 57.8 Å². The van der Waals surface area contributed by atoms with Gasteiger partial charge in [0.25, 0.3) is 0 Å². The van der Waals surface area contributed by atoms with E-state index in [1.54, 1.807) is 6.08 Å². The lowest BCUT2D eigenvalue weighted by Gasteiger charge is -2.40. The summed E-state index contributed by atoms with van der Waals surface area (Å²) in [4.78, 5) is 25.1. The van der Waals surface area contributed by atoms with Crippen molar-refractivity contribution in [3.05, 3.63) is 48.6 Å². The fourth-order valence-electron chi connectivity index (χ4n) is 12.1. The fourth-order valence-corrected chi connectivity index (χ4v) is 12.1. The highest BCUT2D eigenvalue weighted by Gasteiger charge is 2.44. The first-order valence-electron chi connectivity index (χ1n) is 38.4. The van der Waals surface area contributed by atoms with Gasteiger partial charge in [0, 0.05) is 12.8 Å². The topological polar surface area (TPSA) is 175 Å². The van der Waals surface area contributed by atoms with Crippen LogP contribution in [0.1, 0.15) is 373 Å². The highest BCUT2D eigenvalue weighted by atomic mass is 16.7. The highest BCUT2D eigenvalue weighted by Crippen LogP contribution is 2.24. The van der Waals surface area contributed by atoms with Gasteiger partial charge in [0.15, 0.2) is 6.29 Å². The smallest absolute Gasteiger partial charge is 0.305 e. The predicted octanol–water partition coefficient (Wildman–Crippen LogP) is 20.3. The first kappa shape index (κ1) is 84.6. The molecule has 6 N–H and O–H groups in total. The van der Waals surface area contributed by atoms with E-state index >= 15 is 0 Å². The largest absolute Gasteiger partial charge is 0.466 e. The van der Waals surface area contributed by atoms with E-state index in [0.29, 0.717) is 19.4 Å². The zero-order valence-corrected chi connectivity index (χ0v) is 58.2. The van der Waals surface area contributed by atoms with Gasteiger partial charge in [0.05, 0.1) is 32.0 Å². The number of unbranched alkanes of at least 4 members (excludes halogenated alkanes) is 48. The average Bonchev–Trinajstić information content (AvgIpc) is 2.40. The molecule has 1 aliphatic heterocycles. The number of hydrogen-bond donors (Lipinski definition) is 6. The molecule has 0 radical (unpaired) electrons. The van der Waals surface area contributed by atoms with Crippen molar-refractivity contribution < 1.29 is 49.3 Å². The van der Waals surface area contributed by atoms with Gasteiger partial charge >= 0.3 is 5.97 Å². The van der Waals surface area contributed by atoms with Crippen LogP contribution in [-0.4, -0.2) is 100 Å². The van der Waals surface area contributed by atoms with Crippen LogP contribution in [0.15, 0.2) is 48.6 Å². The van der Waals surface area contributed by atoms with E-state index in [1.165, 1.54) is 289 Å². The third-order valence-electron chi connectivity index (χ3n) is 18.2. The molecule has 0 aromatic carbocycles. The van der Waals surface area contributed by atoms with Gasteiger partial charge in [-0.25, -0.2) is 0 Å². The molecule has 522 valence electrons. The van der Waals surface area contributed by atoms with E-state index in [2.05, 4.69) is 55.6 Å². The molecule has 89 heavy (non-hydrogen) atoms. The van der Waals surface area contributed by atoms with Crippen LogP contribution in [0.2, 0.25) is 0 Å². The maximum absolute atomic E-state index is 13.0. The van der Waals surface area contributed by atoms with Gasteiger partial charge in [-0.2, -0.15) is 0 Å². The van der Waals surface area contributed by atoms with Crippen molar-refractivity contribution in [2.75, 3.05) is 19.8 Å². The molecular weight excluding hydrogens is 1110 g/mol. The van der Waals surface area contributed by atoms with Crippen LogP contribution >= 0.6 is 0 Å². The standard InChI is InChI=1S/C78H145NO10/c1-3-5-7-9-11-13-14-15-16-17-33-37-40-43-46-50-54-58-62-66-74(83)87-67-63-59-55-51-47-44-41-38-35-32-30-28-26-24-22-20-18-19-21-23-25-27-29-31-34-36-39-42-45-49-53-57-61-65-73(82)79-70(71(81)64-60-56-52-48-12-10-8-6-4-2)69-88-78-77(86)76(85)75(84)72(68-80)89-78/h12,22,24,28,30,48,60,64,70-72,75-78,80-81,84-86H,3-11,13-21,23,25-27,29,31-47,49-59,61-63,65-69H2,1-2H3,(H,79,82)/b24-22-,30-28-,48-12+,64-60+. The number of aliphatic hydroxyl groups is 5. The van der Waals surface area contributed by atoms with Gasteiger partial charge in [-0.3, -0.25) is 9.59 Å². The Labute approximate surface area is 548 Å². The van der Waals surface area contributed by atoms with Crippen molar-refractivity contribution >= 4 is 11.9 Å². The molecule has 0 saturated carbocycles. The molecule has 1 saturated heterocycles. The maximum Gasteiger partial charge on any atom is 0.305 e. The average molecular weight is 1260 g/mol. The van der Waals surface area contributed by atoms with Crippen LogP contribution in [0.4, 0.5) is 0 Å². The number of ether oxygens (including phenoxy) is 3. The summed E-state index contributed by atoms with van der Waals surface area (Å²) in [6.07, 6.45) is 78.7. The van der Waals surface area contributed by atoms with E-state index in [9.17, 15) is 35.1 Å². The molecule has 1 aliphatic rings. The molecule has 1 rings (SSSR count). The number of carbonyl (C=O) groups excluding carboxylic acids is 2. The molecule has 7 unspecified atom stereocenters. The number of hydrogen-bond acceptors (Lipinski definition) is 10. The van der Waals surface area contributed by atoms with Crippen LogP contribution in [0.3, 0.4) is 0 Å². The van der Waals surface area contributed by atoms with Gasteiger partial charge < -0.3 is 45.1 Å². The van der Waals surface area contributed by atoms with E-state index in [1.807, 2.05) is 6.08 Å². The Balaban J connectivity index is 1.88. The first-order valence-corrected chi connectivity index (χ1v) is 38.4. The number of carbonyl (C=O) groups is 2. The van der Waals surface area contributed by atoms with Crippen LogP contribution in [-0.2, 0) is 23.8 Å². The summed E-state index contributed by atoms with van der Waals surface area (Å²) in [5, 5.41) is 54.3. The highest BCUT2D eigenvalue weighted by molar-refractivity contribution is 5.76. The summed E-state index contributed by atoms with van der Waals surface area (Å²) in [5.41, 5.74) is 0. The van der Waals surface area contributed by atoms with Crippen LogP contribution in [0.25, 0.3) is 0 Å². The van der Waals surface area contributed by atoms with Crippen molar-refractivity contribution in [1.29, 1.82) is 0 Å². The normalized spacial score (nSPS) is 17.9. The second-order valence-corrected chi connectivity index (χ2v) is 26.7. The summed E-state index contributed by atoms with van der Waals surface area (Å²) >= 11 is 0. The quantitative estimate of drug-likeness (QED) is 0.0195. The Hall–Kier alpha value is -2.38. The molecule has 0 aromatic rings. The minimum Gasteiger partial charge on any atom is -0.466 e. The first-order chi connectivity index (χ1) is 43.7. The molecule has 11 heteroatoms. The number of rotatable bonds is 68. The number of aliphatic hydroxyl groups excluding tert-OH is 5. The Kier molecular flexibility index (Phi) is 63.8. The lowest BCUT2D eigenvalue weighted by Crippen LogP contribution is -2.60. The molecule has 0 aliphatic carbocycles. The molecule has 11 nitrogen and oxygen atoms in total. The van der Waals surface area contributed by atoms with E-state index in [-0.39, 0.29) is 18.5 Å². The molecule has 0 aromatic heterocycles. The van der Waals surface area contributed by atoms with Crippen LogP contribution in [0.5, 0.6) is 0 Å². The summed E-state index contributed by atoms with van der Waals surface area (Å²) in [6.45, 7) is 4.31. The minimum atomic E-state index is -1.58. The van der Waals surface area contributed by atoms with Gasteiger partial charge in [-0.15, -0.1) is 0 Å². The number of nitrogens with one attached hydrogen (secondary N) is 1. The summed E-state index contributed by atoms with van der Waals surface area (Å²) in [7, 11) is 0. The predicted molar refractivity (Wildman–Crippen MR) is 375 cm³/mol. The Bertz CT molecular complexity index is 1620. The van der Waals surface area contributed by atoms with E-state index < -0.39 is 49.5 Å². The second kappa shape index (κ2) is 67.1. The van der Waals surface area contributed by atoms with Crippen molar-refractivity contribution in [3.63, 3.8) is 0 Å². The Morgan fingerprint density at radius 2 is 0.764 bits per heavy atom. The maximum atomic E-state index is 13.0. The van der Waals surface area contributed by atoms with Gasteiger partial charge in [-0.1, -0.05) is 332 Å². The zero-order valence-electron chi connectivity index (χ0n) is 58.2. The fraction of sp³-hybridized carbons (Fsp3) is 0.872. The monoisotopic (exact) mass is 1260 g/mol. The Morgan fingerprint density at radius 3 is 1.20 bits per heavy atom.